The van der Waals surface area contributed by atoms with Crippen LogP contribution in [-0.2, 0) is 14.3 Å². The molecule has 1 saturated heterocycles. The van der Waals surface area contributed by atoms with E-state index >= 15 is 0 Å². The number of rotatable bonds is 7. The minimum atomic E-state index is -0.858. The Balaban J connectivity index is 2.18. The number of carbonyl (C=O) groups excluding carboxylic acids is 3. The van der Waals surface area contributed by atoms with Crippen molar-refractivity contribution in [2.24, 2.45) is 0 Å². The number of benzene rings is 1. The highest BCUT2D eigenvalue weighted by Gasteiger charge is 2.44. The summed E-state index contributed by atoms with van der Waals surface area (Å²) in [4.78, 5) is 43.8. The minimum absolute atomic E-state index is 0.138. The van der Waals surface area contributed by atoms with Crippen LogP contribution in [0.15, 0.2) is 29.8 Å². The number of hydrogen-bond donors (Lipinski definition) is 2. The number of halogens is 1. The van der Waals surface area contributed by atoms with Gasteiger partial charge in [0.1, 0.15) is 5.69 Å². The quantitative estimate of drug-likeness (QED) is 0.268. The van der Waals surface area contributed by atoms with Gasteiger partial charge < -0.3 is 24.6 Å². The second kappa shape index (κ2) is 9.80. The molecule has 0 saturated carbocycles. The van der Waals surface area contributed by atoms with Crippen molar-refractivity contribution in [2.75, 3.05) is 34.3 Å². The van der Waals surface area contributed by atoms with Crippen LogP contribution in [-0.4, -0.2) is 61.8 Å². The van der Waals surface area contributed by atoms with E-state index in [1.807, 2.05) is 14.1 Å². The summed E-state index contributed by atoms with van der Waals surface area (Å²) < 4.78 is 4.78. The summed E-state index contributed by atoms with van der Waals surface area (Å²) >= 11 is 6.20. The predicted molar refractivity (Wildman–Crippen MR) is 122 cm³/mol. The summed E-state index contributed by atoms with van der Waals surface area (Å²) in [7, 11) is 5.25. The molecular formula is C24H28ClN3O5. The normalized spacial score (nSPS) is 17.8. The zero-order chi connectivity index (χ0) is 24.4. The largest absolute Gasteiger partial charge is 0.872 e. The predicted octanol–water partition coefficient (Wildman–Crippen LogP) is 0.830. The van der Waals surface area contributed by atoms with Gasteiger partial charge in [0.2, 0.25) is 5.78 Å². The number of carbonyl (C=O) groups is 3. The first-order valence-electron chi connectivity index (χ1n) is 10.7. The molecule has 0 spiro atoms. The van der Waals surface area contributed by atoms with Gasteiger partial charge in [0.25, 0.3) is 5.91 Å². The lowest BCUT2D eigenvalue weighted by Gasteiger charge is -2.28. The fraction of sp³-hybridized carbons (Fsp3) is 0.375. The molecule has 1 amide bonds. The van der Waals surface area contributed by atoms with Gasteiger partial charge >= 0.3 is 5.97 Å². The Bertz CT molecular complexity index is 1140. The van der Waals surface area contributed by atoms with E-state index in [4.69, 9.17) is 16.3 Å². The van der Waals surface area contributed by atoms with Gasteiger partial charge in [-0.1, -0.05) is 29.5 Å². The van der Waals surface area contributed by atoms with Crippen LogP contribution in [0.5, 0.6) is 0 Å². The molecular weight excluding hydrogens is 446 g/mol. The van der Waals surface area contributed by atoms with Crippen molar-refractivity contribution >= 4 is 35.0 Å². The Labute approximate surface area is 197 Å². The van der Waals surface area contributed by atoms with E-state index in [9.17, 15) is 19.5 Å². The fourth-order valence-corrected chi connectivity index (χ4v) is 4.46. The van der Waals surface area contributed by atoms with Crippen LogP contribution in [0.2, 0.25) is 5.02 Å². The van der Waals surface area contributed by atoms with Crippen molar-refractivity contribution in [3.8, 4) is 0 Å². The number of methoxy groups -OCH3 is 1. The lowest BCUT2D eigenvalue weighted by Crippen LogP contribution is -3.05. The minimum Gasteiger partial charge on any atom is -0.872 e. The molecule has 2 N–H and O–H groups in total. The van der Waals surface area contributed by atoms with E-state index in [2.05, 4.69) is 4.98 Å². The highest BCUT2D eigenvalue weighted by Crippen LogP contribution is 2.40. The molecule has 1 atom stereocenters. The molecule has 176 valence electrons. The maximum atomic E-state index is 13.7. The van der Waals surface area contributed by atoms with E-state index in [1.54, 1.807) is 38.1 Å². The van der Waals surface area contributed by atoms with Gasteiger partial charge in [0.05, 0.1) is 33.8 Å². The monoisotopic (exact) mass is 473 g/mol. The Morgan fingerprint density at radius 2 is 1.97 bits per heavy atom. The summed E-state index contributed by atoms with van der Waals surface area (Å²) in [5.41, 5.74) is 1.57. The number of amides is 1. The second-order valence-electron chi connectivity index (χ2n) is 8.46. The third-order valence-corrected chi connectivity index (χ3v) is 6.06. The summed E-state index contributed by atoms with van der Waals surface area (Å²) in [5.74, 6) is -2.74. The lowest BCUT2D eigenvalue weighted by molar-refractivity contribution is -0.858. The third kappa shape index (κ3) is 4.67. The average Bonchev–Trinajstić information content (AvgIpc) is 3.20. The first kappa shape index (κ1) is 24.5. The summed E-state index contributed by atoms with van der Waals surface area (Å²) in [6.45, 7) is 4.36. The Kier molecular flexibility index (Phi) is 7.29. The highest BCUT2D eigenvalue weighted by atomic mass is 35.5. The van der Waals surface area contributed by atoms with E-state index in [-0.39, 0.29) is 16.8 Å². The van der Waals surface area contributed by atoms with Gasteiger partial charge in [-0.2, -0.15) is 0 Å². The van der Waals surface area contributed by atoms with Gasteiger partial charge in [0, 0.05) is 29.3 Å². The van der Waals surface area contributed by atoms with E-state index in [1.165, 1.54) is 16.9 Å². The third-order valence-electron chi connectivity index (χ3n) is 5.82. The van der Waals surface area contributed by atoms with Crippen LogP contribution in [0.3, 0.4) is 0 Å². The van der Waals surface area contributed by atoms with E-state index in [0.717, 1.165) is 6.54 Å². The number of aryl methyl sites for hydroxylation is 1. The molecule has 1 unspecified atom stereocenters. The molecule has 9 heteroatoms. The topological polar surface area (TPSA) is 107 Å². The first-order chi connectivity index (χ1) is 15.6. The molecule has 1 aliphatic rings. The zero-order valence-electron chi connectivity index (χ0n) is 19.4. The standard InChI is InChI=1S/C24H28ClN3O5/c1-13-17(14(2)26-19(13)24(32)33-5)21(29)18-20(15-8-6-9-16(25)12-15)28(23(31)22(18)30)11-7-10-27(3)4/h6,8-9,12,20,26,29H,7,10-11H2,1-5H3. The molecule has 1 aromatic heterocycles. The average molecular weight is 474 g/mol. The number of esters is 1. The number of hydrogen-bond acceptors (Lipinski definition) is 5. The van der Waals surface area contributed by atoms with Crippen molar-refractivity contribution in [1.29, 1.82) is 0 Å². The Hall–Kier alpha value is -3.10. The van der Waals surface area contributed by atoms with Crippen LogP contribution in [0.25, 0.3) is 5.76 Å². The van der Waals surface area contributed by atoms with Crippen LogP contribution >= 0.6 is 11.6 Å². The number of nitrogens with zero attached hydrogens (tertiary/aromatic N) is 1. The number of likely N-dealkylation sites (tertiary alicyclic amines) is 1. The zero-order valence-corrected chi connectivity index (χ0v) is 20.1. The number of ether oxygens (including phenoxy) is 1. The number of quaternary nitrogens is 1. The maximum absolute atomic E-state index is 13.7. The molecule has 8 nitrogen and oxygen atoms in total. The fourth-order valence-electron chi connectivity index (χ4n) is 4.26. The number of Topliss-reactive ketones (excluding diaryl/α,β-unsaturated/α-hetero) is 1. The highest BCUT2D eigenvalue weighted by molar-refractivity contribution is 6.46. The molecule has 0 aliphatic carbocycles. The molecule has 2 aromatic rings. The number of aromatic amines is 1. The second-order valence-corrected chi connectivity index (χ2v) is 8.89. The molecule has 2 heterocycles. The first-order valence-corrected chi connectivity index (χ1v) is 11.0. The Morgan fingerprint density at radius 3 is 2.58 bits per heavy atom. The van der Waals surface area contributed by atoms with E-state index in [0.29, 0.717) is 34.8 Å². The van der Waals surface area contributed by atoms with Crippen LogP contribution in [0.4, 0.5) is 0 Å². The van der Waals surface area contributed by atoms with Crippen LogP contribution in [0, 0.1) is 13.8 Å². The van der Waals surface area contributed by atoms with Gasteiger partial charge in [-0.3, -0.25) is 9.59 Å². The molecule has 0 bridgehead atoms. The summed E-state index contributed by atoms with van der Waals surface area (Å²) in [5, 5.41) is 14.2. The molecule has 1 aliphatic heterocycles. The lowest BCUT2D eigenvalue weighted by atomic mass is 9.94. The van der Waals surface area contributed by atoms with Crippen molar-refractivity contribution in [2.45, 2.75) is 26.3 Å². The van der Waals surface area contributed by atoms with Gasteiger partial charge in [-0.05, 0) is 42.7 Å². The SMILES string of the molecule is COC(=O)c1[nH]c(C)c(C([O-])=C2C(=O)C(=O)N(CCC[NH+](C)C)C2c2cccc(Cl)c2)c1C. The number of ketones is 1. The van der Waals surface area contributed by atoms with E-state index < -0.39 is 29.5 Å². The smallest absolute Gasteiger partial charge is 0.354 e. The van der Waals surface area contributed by atoms with Gasteiger partial charge in [0.15, 0.2) is 0 Å². The van der Waals surface area contributed by atoms with Crippen molar-refractivity contribution in [3.05, 3.63) is 62.9 Å². The summed E-state index contributed by atoms with van der Waals surface area (Å²) in [6, 6.07) is 5.96. The van der Waals surface area contributed by atoms with Crippen molar-refractivity contribution in [1.82, 2.24) is 9.88 Å². The van der Waals surface area contributed by atoms with Crippen LogP contribution in [0.1, 0.15) is 45.3 Å². The molecule has 3 rings (SSSR count). The van der Waals surface area contributed by atoms with Gasteiger partial charge in [-0.25, -0.2) is 4.79 Å². The van der Waals surface area contributed by atoms with Crippen molar-refractivity contribution < 1.29 is 29.1 Å². The summed E-state index contributed by atoms with van der Waals surface area (Å²) in [6.07, 6.45) is 0.661. The van der Waals surface area contributed by atoms with Crippen molar-refractivity contribution in [3.63, 3.8) is 0 Å². The Morgan fingerprint density at radius 1 is 1.27 bits per heavy atom. The maximum Gasteiger partial charge on any atom is 0.354 e. The molecule has 1 aromatic carbocycles. The number of H-pyrrole nitrogens is 1. The molecule has 0 radical (unpaired) electrons. The van der Waals surface area contributed by atoms with Gasteiger partial charge in [-0.15, -0.1) is 0 Å². The number of nitrogens with one attached hydrogen (secondary N) is 2. The molecule has 33 heavy (non-hydrogen) atoms. The number of aromatic nitrogens is 1. The molecule has 1 fully saturated rings. The van der Waals surface area contributed by atoms with Crippen LogP contribution < -0.4 is 10.0 Å².